The van der Waals surface area contributed by atoms with Crippen molar-refractivity contribution in [1.29, 1.82) is 0 Å². The number of hydrogen-bond donors (Lipinski definition) is 2. The number of urea groups is 1. The van der Waals surface area contributed by atoms with Crippen molar-refractivity contribution >= 4 is 28.4 Å². The second-order valence-corrected chi connectivity index (χ2v) is 11.9. The lowest BCUT2D eigenvalue weighted by Crippen LogP contribution is -2.39. The topological polar surface area (TPSA) is 100 Å². The predicted octanol–water partition coefficient (Wildman–Crippen LogP) is 8.82. The summed E-state index contributed by atoms with van der Waals surface area (Å²) in [6.45, 7) is 13.1. The summed E-state index contributed by atoms with van der Waals surface area (Å²) in [6.07, 6.45) is 8.33. The van der Waals surface area contributed by atoms with Crippen molar-refractivity contribution in [3.63, 3.8) is 0 Å². The van der Waals surface area contributed by atoms with Gasteiger partial charge in [0.25, 0.3) is 5.56 Å². The number of unbranched alkanes of at least 4 members (excludes halogenated alkanes) is 1. The van der Waals surface area contributed by atoms with Gasteiger partial charge in [0.1, 0.15) is 23.7 Å². The van der Waals surface area contributed by atoms with Crippen molar-refractivity contribution < 1.29 is 9.53 Å². The van der Waals surface area contributed by atoms with Gasteiger partial charge in [-0.1, -0.05) is 45.9 Å². The van der Waals surface area contributed by atoms with Crippen LogP contribution in [0.3, 0.4) is 0 Å². The normalized spacial score (nSPS) is 11.2. The summed E-state index contributed by atoms with van der Waals surface area (Å²) < 4.78 is 6.10. The third-order valence-electron chi connectivity index (χ3n) is 7.92. The highest BCUT2D eigenvalue weighted by atomic mass is 16.5. The average Bonchev–Trinajstić information content (AvgIpc) is 3.06. The number of aromatic amines is 1. The number of anilines is 2. The molecule has 0 spiro atoms. The molecule has 2 amide bonds. The Hall–Kier alpha value is -5.24. The zero-order chi connectivity index (χ0) is 32.6. The molecule has 8 nitrogen and oxygen atoms in total. The molecule has 0 unspecified atom stereocenters. The van der Waals surface area contributed by atoms with Gasteiger partial charge in [0.2, 0.25) is 0 Å². The minimum atomic E-state index is -0.366. The van der Waals surface area contributed by atoms with E-state index in [2.05, 4.69) is 72.7 Å². The standard InChI is InChI=1S/C38H41N5O3/c1-6-7-8-19-43(34-23-29-12-10-16-40-36(29)42-37(34)44)38(45)41-35-32(25(2)3)21-30(22-33(35)26(4)5)28-11-9-13-31(20-28)46-24-27-14-17-39-18-15-27/h6,9-18,20-23,25-26H,1,7-8,19,24H2,2-5H3,(H,41,45)(H,40,42,44). The molecule has 8 heteroatoms. The number of H-pyrrole nitrogens is 1. The smallest absolute Gasteiger partial charge is 0.326 e. The molecule has 3 heterocycles. The van der Waals surface area contributed by atoms with E-state index in [4.69, 9.17) is 4.74 Å². The van der Waals surface area contributed by atoms with Crippen LogP contribution in [0, 0.1) is 0 Å². The number of carbonyl (C=O) groups excluding carboxylic acids is 1. The van der Waals surface area contributed by atoms with Crippen LogP contribution in [0.25, 0.3) is 22.2 Å². The number of allylic oxidation sites excluding steroid dienone is 1. The number of carbonyl (C=O) groups is 1. The molecule has 3 aromatic heterocycles. The van der Waals surface area contributed by atoms with Crippen molar-refractivity contribution in [3.8, 4) is 16.9 Å². The van der Waals surface area contributed by atoms with E-state index in [1.54, 1.807) is 30.7 Å². The number of rotatable bonds is 12. The van der Waals surface area contributed by atoms with E-state index in [9.17, 15) is 9.59 Å². The van der Waals surface area contributed by atoms with Gasteiger partial charge >= 0.3 is 6.03 Å². The minimum absolute atomic E-state index is 0.114. The fourth-order valence-corrected chi connectivity index (χ4v) is 5.44. The number of benzene rings is 2. The van der Waals surface area contributed by atoms with E-state index >= 15 is 0 Å². The third kappa shape index (κ3) is 7.51. The molecule has 0 aliphatic rings. The van der Waals surface area contributed by atoms with Crippen molar-refractivity contribution in [3.05, 3.63) is 125 Å². The molecule has 0 radical (unpaired) electrons. The Kier molecular flexibility index (Phi) is 10.3. The van der Waals surface area contributed by atoms with Gasteiger partial charge < -0.3 is 15.0 Å². The lowest BCUT2D eigenvalue weighted by molar-refractivity contribution is 0.256. The first-order valence-corrected chi connectivity index (χ1v) is 15.7. The summed E-state index contributed by atoms with van der Waals surface area (Å²) in [5.41, 5.74) is 6.31. The van der Waals surface area contributed by atoms with E-state index in [-0.39, 0.29) is 29.1 Å². The number of amides is 2. The first kappa shape index (κ1) is 32.2. The molecule has 0 aliphatic heterocycles. The largest absolute Gasteiger partial charge is 0.489 e. The number of fused-ring (bicyclic) bond motifs is 1. The molecule has 46 heavy (non-hydrogen) atoms. The van der Waals surface area contributed by atoms with Gasteiger partial charge in [-0.2, -0.15) is 0 Å². The molecule has 5 aromatic rings. The second-order valence-electron chi connectivity index (χ2n) is 11.9. The van der Waals surface area contributed by atoms with E-state index in [0.717, 1.165) is 44.6 Å². The fraction of sp³-hybridized carbons (Fsp3) is 0.263. The zero-order valence-corrected chi connectivity index (χ0v) is 26.9. The van der Waals surface area contributed by atoms with Crippen LogP contribution in [-0.2, 0) is 6.61 Å². The highest BCUT2D eigenvalue weighted by Gasteiger charge is 2.24. The highest BCUT2D eigenvalue weighted by molar-refractivity contribution is 6.03. The van der Waals surface area contributed by atoms with Crippen molar-refractivity contribution in [2.24, 2.45) is 0 Å². The Bertz CT molecular complexity index is 1850. The molecular weight excluding hydrogens is 574 g/mol. The summed E-state index contributed by atoms with van der Waals surface area (Å²) in [5.74, 6) is 1.00. The molecule has 2 N–H and O–H groups in total. The highest BCUT2D eigenvalue weighted by Crippen LogP contribution is 2.38. The molecule has 0 atom stereocenters. The van der Waals surface area contributed by atoms with Crippen LogP contribution in [0.15, 0.2) is 103 Å². The van der Waals surface area contributed by atoms with Crippen LogP contribution < -0.4 is 20.5 Å². The maximum absolute atomic E-state index is 14.1. The van der Waals surface area contributed by atoms with Gasteiger partial charge in [0.15, 0.2) is 0 Å². The van der Waals surface area contributed by atoms with Gasteiger partial charge in [-0.05, 0) is 107 Å². The Morgan fingerprint density at radius 3 is 2.39 bits per heavy atom. The first-order chi connectivity index (χ1) is 22.2. The molecule has 0 saturated heterocycles. The number of nitrogens with one attached hydrogen (secondary N) is 2. The number of nitrogens with zero attached hydrogens (tertiary/aromatic N) is 3. The van der Waals surface area contributed by atoms with Gasteiger partial charge in [0, 0.05) is 36.2 Å². The lowest BCUT2D eigenvalue weighted by Gasteiger charge is -2.27. The molecule has 236 valence electrons. The van der Waals surface area contributed by atoms with Gasteiger partial charge in [0.05, 0.1) is 0 Å². The summed E-state index contributed by atoms with van der Waals surface area (Å²) in [6, 6.07) is 21.3. The van der Waals surface area contributed by atoms with Crippen molar-refractivity contribution in [2.45, 2.75) is 59.0 Å². The number of hydrogen-bond acceptors (Lipinski definition) is 5. The van der Waals surface area contributed by atoms with E-state index < -0.39 is 0 Å². The van der Waals surface area contributed by atoms with Crippen LogP contribution in [0.4, 0.5) is 16.2 Å². The molecule has 5 rings (SSSR count). The maximum atomic E-state index is 14.1. The van der Waals surface area contributed by atoms with Crippen LogP contribution >= 0.6 is 0 Å². The van der Waals surface area contributed by atoms with Crippen molar-refractivity contribution in [2.75, 3.05) is 16.8 Å². The first-order valence-electron chi connectivity index (χ1n) is 15.7. The van der Waals surface area contributed by atoms with E-state index in [1.807, 2.05) is 42.5 Å². The average molecular weight is 616 g/mol. The Balaban J connectivity index is 1.50. The lowest BCUT2D eigenvalue weighted by atomic mass is 9.88. The quantitative estimate of drug-likeness (QED) is 0.108. The van der Waals surface area contributed by atoms with Crippen LogP contribution in [0.5, 0.6) is 5.75 Å². The molecule has 0 saturated carbocycles. The molecule has 2 aromatic carbocycles. The summed E-state index contributed by atoms with van der Waals surface area (Å²) in [5, 5.41) is 3.98. The number of aromatic nitrogens is 3. The van der Waals surface area contributed by atoms with Crippen LogP contribution in [0.2, 0.25) is 0 Å². The molecule has 0 fully saturated rings. The Labute approximate surface area is 270 Å². The van der Waals surface area contributed by atoms with Gasteiger partial charge in [-0.3, -0.25) is 14.7 Å². The Morgan fingerprint density at radius 1 is 0.957 bits per heavy atom. The van der Waals surface area contributed by atoms with Gasteiger partial charge in [-0.25, -0.2) is 9.78 Å². The Morgan fingerprint density at radius 2 is 1.70 bits per heavy atom. The molecular formula is C38H41N5O3. The summed E-state index contributed by atoms with van der Waals surface area (Å²) >= 11 is 0. The van der Waals surface area contributed by atoms with E-state index in [0.29, 0.717) is 31.6 Å². The second kappa shape index (κ2) is 14.7. The maximum Gasteiger partial charge on any atom is 0.326 e. The minimum Gasteiger partial charge on any atom is -0.489 e. The number of pyridine rings is 3. The van der Waals surface area contributed by atoms with Crippen LogP contribution in [0.1, 0.15) is 69.1 Å². The summed E-state index contributed by atoms with van der Waals surface area (Å²) in [7, 11) is 0. The van der Waals surface area contributed by atoms with Crippen LogP contribution in [-0.4, -0.2) is 27.5 Å². The molecule has 0 bridgehead atoms. The molecule has 0 aliphatic carbocycles. The zero-order valence-electron chi connectivity index (χ0n) is 26.9. The van der Waals surface area contributed by atoms with E-state index in [1.165, 1.54) is 4.90 Å². The number of ether oxygens (including phenoxy) is 1. The summed E-state index contributed by atoms with van der Waals surface area (Å²) in [4.78, 5) is 40.0. The fourth-order valence-electron chi connectivity index (χ4n) is 5.44. The monoisotopic (exact) mass is 615 g/mol. The third-order valence-corrected chi connectivity index (χ3v) is 7.92. The predicted molar refractivity (Wildman–Crippen MR) is 187 cm³/mol. The SMILES string of the molecule is C=CCCCN(C(=O)Nc1c(C(C)C)cc(-c2cccc(OCc3ccncc3)c2)cc1C(C)C)c1cc2cccnc2[nH]c1=O. The van der Waals surface area contributed by atoms with Crippen molar-refractivity contribution in [1.82, 2.24) is 15.0 Å². The van der Waals surface area contributed by atoms with Gasteiger partial charge in [-0.15, -0.1) is 6.58 Å².